The molecule has 0 aromatic carbocycles. The van der Waals surface area contributed by atoms with Crippen LogP contribution < -0.4 is 11.1 Å². The first-order chi connectivity index (χ1) is 14.6. The minimum absolute atomic E-state index is 0.299. The van der Waals surface area contributed by atoms with E-state index in [1.807, 2.05) is 18.5 Å². The zero-order chi connectivity index (χ0) is 21.3. The van der Waals surface area contributed by atoms with E-state index >= 15 is 0 Å². The molecule has 3 rings (SSSR count). The highest BCUT2D eigenvalue weighted by Crippen LogP contribution is 2.31. The second-order valence-corrected chi connectivity index (χ2v) is 8.73. The van der Waals surface area contributed by atoms with Crippen molar-refractivity contribution in [1.29, 1.82) is 0 Å². The minimum Gasteiger partial charge on any atom is -0.384 e. The highest BCUT2D eigenvalue weighted by molar-refractivity contribution is 6.33. The third-order valence-electron chi connectivity index (χ3n) is 5.76. The summed E-state index contributed by atoms with van der Waals surface area (Å²) in [5.41, 5.74) is 10.1. The van der Waals surface area contributed by atoms with Gasteiger partial charge in [-0.1, -0.05) is 38.3 Å². The highest BCUT2D eigenvalue weighted by Gasteiger charge is 2.15. The van der Waals surface area contributed by atoms with Gasteiger partial charge in [-0.3, -0.25) is 4.98 Å². The number of rotatable bonds is 9. The molecule has 0 aliphatic heterocycles. The summed E-state index contributed by atoms with van der Waals surface area (Å²) in [5, 5.41) is 4.18. The lowest BCUT2D eigenvalue weighted by Crippen LogP contribution is -2.26. The molecule has 0 unspecified atom stereocenters. The number of hydrogen-bond acceptors (Lipinski definition) is 5. The average Bonchev–Trinajstić information content (AvgIpc) is 2.75. The smallest absolute Gasteiger partial charge is 0.152 e. The topological polar surface area (TPSA) is 76.2 Å². The SMILES string of the molecule is CCCC(CCC)CNc1cncc(-c2cc(N=C3CCC(N)CC3)ncc2Cl)c1. The second kappa shape index (κ2) is 11.4. The van der Waals surface area contributed by atoms with E-state index in [0.29, 0.717) is 22.8 Å². The van der Waals surface area contributed by atoms with Gasteiger partial charge in [0.05, 0.1) is 10.7 Å². The molecule has 6 heteroatoms. The van der Waals surface area contributed by atoms with E-state index in [1.54, 1.807) is 6.20 Å². The van der Waals surface area contributed by atoms with Crippen molar-refractivity contribution in [3.05, 3.63) is 35.7 Å². The van der Waals surface area contributed by atoms with Gasteiger partial charge in [0.2, 0.25) is 0 Å². The van der Waals surface area contributed by atoms with Crippen molar-refractivity contribution in [3.63, 3.8) is 0 Å². The van der Waals surface area contributed by atoms with Gasteiger partial charge in [-0.2, -0.15) is 0 Å². The Balaban J connectivity index is 1.75. The number of aliphatic imine (C=N–C) groups is 1. The van der Waals surface area contributed by atoms with Crippen LogP contribution in [-0.4, -0.2) is 28.3 Å². The molecule has 0 spiro atoms. The fraction of sp³-hybridized carbons (Fsp3) is 0.542. The summed E-state index contributed by atoms with van der Waals surface area (Å²) < 4.78 is 0. The van der Waals surface area contributed by atoms with Crippen molar-refractivity contribution >= 4 is 28.8 Å². The standard InChI is InChI=1S/C24H34ClN5/c1-3-5-17(6-4-2)13-28-21-11-18(14-27-15-21)22-12-24(29-16-23(22)25)30-20-9-7-19(26)8-10-20/h11-12,14-17,19,28H,3-10,13,26H2,1-2H3. The van der Waals surface area contributed by atoms with Crippen LogP contribution in [0.25, 0.3) is 11.1 Å². The van der Waals surface area contributed by atoms with Gasteiger partial charge in [0.25, 0.3) is 0 Å². The Bertz CT molecular complexity index is 835. The van der Waals surface area contributed by atoms with Crippen LogP contribution in [0.3, 0.4) is 0 Å². The average molecular weight is 428 g/mol. The molecule has 5 nitrogen and oxygen atoms in total. The Morgan fingerprint density at radius 2 is 1.87 bits per heavy atom. The first-order valence-corrected chi connectivity index (χ1v) is 11.6. The summed E-state index contributed by atoms with van der Waals surface area (Å²) in [5.74, 6) is 1.39. The van der Waals surface area contributed by atoms with Crippen LogP contribution in [0.2, 0.25) is 5.02 Å². The number of hydrogen-bond donors (Lipinski definition) is 2. The summed E-state index contributed by atoms with van der Waals surface area (Å²) in [6.45, 7) is 5.47. The zero-order valence-corrected chi connectivity index (χ0v) is 19.0. The maximum atomic E-state index is 6.48. The molecule has 2 aromatic rings. The van der Waals surface area contributed by atoms with Crippen LogP contribution in [0, 0.1) is 5.92 Å². The van der Waals surface area contributed by atoms with Crippen molar-refractivity contribution in [1.82, 2.24) is 9.97 Å². The largest absolute Gasteiger partial charge is 0.384 e. The maximum absolute atomic E-state index is 6.48. The van der Waals surface area contributed by atoms with Crippen molar-refractivity contribution in [2.75, 3.05) is 11.9 Å². The van der Waals surface area contributed by atoms with Crippen LogP contribution in [-0.2, 0) is 0 Å². The number of anilines is 1. The van der Waals surface area contributed by atoms with Crippen LogP contribution in [0.5, 0.6) is 0 Å². The Hall–Kier alpha value is -1.98. The summed E-state index contributed by atoms with van der Waals surface area (Å²) in [6, 6.07) is 4.37. The molecule has 1 saturated carbocycles. The second-order valence-electron chi connectivity index (χ2n) is 8.32. The molecule has 30 heavy (non-hydrogen) atoms. The molecular weight excluding hydrogens is 394 g/mol. The van der Waals surface area contributed by atoms with Gasteiger partial charge < -0.3 is 11.1 Å². The third-order valence-corrected chi connectivity index (χ3v) is 6.06. The molecule has 162 valence electrons. The number of halogens is 1. The molecule has 1 aliphatic rings. The number of nitrogens with one attached hydrogen (secondary N) is 1. The monoisotopic (exact) mass is 427 g/mol. The Kier molecular flexibility index (Phi) is 8.64. The van der Waals surface area contributed by atoms with Gasteiger partial charge in [0, 0.05) is 48.0 Å². The predicted octanol–water partition coefficient (Wildman–Crippen LogP) is 6.40. The molecule has 0 saturated heterocycles. The first-order valence-electron chi connectivity index (χ1n) is 11.3. The fourth-order valence-electron chi connectivity index (χ4n) is 4.07. The summed E-state index contributed by atoms with van der Waals surface area (Å²) in [4.78, 5) is 13.6. The third kappa shape index (κ3) is 6.51. The normalized spacial score (nSPS) is 16.7. The molecule has 2 aromatic heterocycles. The van der Waals surface area contributed by atoms with Crippen LogP contribution in [0.1, 0.15) is 65.2 Å². The highest BCUT2D eigenvalue weighted by atomic mass is 35.5. The van der Waals surface area contributed by atoms with Crippen molar-refractivity contribution in [2.24, 2.45) is 16.6 Å². The molecule has 0 atom stereocenters. The van der Waals surface area contributed by atoms with Crippen LogP contribution >= 0.6 is 11.6 Å². The van der Waals surface area contributed by atoms with Gasteiger partial charge in [0.1, 0.15) is 0 Å². The van der Waals surface area contributed by atoms with Crippen molar-refractivity contribution < 1.29 is 0 Å². The Morgan fingerprint density at radius 1 is 1.13 bits per heavy atom. The van der Waals surface area contributed by atoms with E-state index in [4.69, 9.17) is 22.3 Å². The van der Waals surface area contributed by atoms with Gasteiger partial charge in [-0.25, -0.2) is 9.98 Å². The van der Waals surface area contributed by atoms with E-state index in [2.05, 4.69) is 35.2 Å². The molecule has 1 fully saturated rings. The van der Waals surface area contributed by atoms with Crippen LogP contribution in [0.4, 0.5) is 11.5 Å². The van der Waals surface area contributed by atoms with Gasteiger partial charge >= 0.3 is 0 Å². The zero-order valence-electron chi connectivity index (χ0n) is 18.2. The number of nitrogens with two attached hydrogens (primary N) is 1. The lowest BCUT2D eigenvalue weighted by molar-refractivity contribution is 0.461. The molecule has 0 amide bonds. The van der Waals surface area contributed by atoms with Crippen LogP contribution in [0.15, 0.2) is 35.7 Å². The van der Waals surface area contributed by atoms with E-state index in [1.165, 1.54) is 31.4 Å². The molecular formula is C24H34ClN5. The predicted molar refractivity (Wildman–Crippen MR) is 128 cm³/mol. The maximum Gasteiger partial charge on any atom is 0.152 e. The minimum atomic E-state index is 0.299. The Morgan fingerprint density at radius 3 is 2.57 bits per heavy atom. The molecule has 2 heterocycles. The van der Waals surface area contributed by atoms with Gasteiger partial charge in [-0.15, -0.1) is 0 Å². The molecule has 1 aliphatic carbocycles. The molecule has 3 N–H and O–H groups in total. The summed E-state index contributed by atoms with van der Waals surface area (Å²) >= 11 is 6.48. The summed E-state index contributed by atoms with van der Waals surface area (Å²) in [7, 11) is 0. The van der Waals surface area contributed by atoms with Crippen molar-refractivity contribution in [3.8, 4) is 11.1 Å². The van der Waals surface area contributed by atoms with E-state index in [0.717, 1.165) is 49.0 Å². The first kappa shape index (κ1) is 22.7. The summed E-state index contributed by atoms with van der Waals surface area (Å²) in [6.07, 6.45) is 14.2. The van der Waals surface area contributed by atoms with E-state index in [-0.39, 0.29) is 0 Å². The number of nitrogens with zero attached hydrogens (tertiary/aromatic N) is 3. The fourth-order valence-corrected chi connectivity index (χ4v) is 4.28. The number of aromatic nitrogens is 2. The number of pyridine rings is 2. The lowest BCUT2D eigenvalue weighted by atomic mass is 9.94. The molecule has 0 radical (unpaired) electrons. The van der Waals surface area contributed by atoms with Crippen molar-refractivity contribution in [2.45, 2.75) is 71.3 Å². The van der Waals surface area contributed by atoms with E-state index < -0.39 is 0 Å². The quantitative estimate of drug-likeness (QED) is 0.485. The Labute approximate surface area is 185 Å². The van der Waals surface area contributed by atoms with Gasteiger partial charge in [-0.05, 0) is 56.6 Å². The van der Waals surface area contributed by atoms with E-state index in [9.17, 15) is 0 Å². The van der Waals surface area contributed by atoms with Gasteiger partial charge in [0.15, 0.2) is 5.82 Å². The molecule has 0 bridgehead atoms. The lowest BCUT2D eigenvalue weighted by Gasteiger charge is -2.19.